The first-order chi connectivity index (χ1) is 14.3. The highest BCUT2D eigenvalue weighted by molar-refractivity contribution is 5.76. The summed E-state index contributed by atoms with van der Waals surface area (Å²) in [4.78, 5) is 12.2. The van der Waals surface area contributed by atoms with Crippen molar-refractivity contribution in [3.8, 4) is 0 Å². The zero-order chi connectivity index (χ0) is 21.1. The lowest BCUT2D eigenvalue weighted by Gasteiger charge is -2.57. The first-order valence-corrected chi connectivity index (χ1v) is 13.0. The molecule has 1 amide bonds. The number of fused-ring (bicyclic) bond motifs is 5. The fourth-order valence-corrected chi connectivity index (χ4v) is 8.55. The molecule has 0 unspecified atom stereocenters. The molecule has 0 spiro atoms. The molecule has 0 aromatic rings. The molecular weight excluding hydrogens is 370 g/mol. The van der Waals surface area contributed by atoms with Crippen molar-refractivity contribution in [3.05, 3.63) is 11.6 Å². The van der Waals surface area contributed by atoms with E-state index in [1.54, 1.807) is 5.57 Å². The number of allylic oxidation sites excluding steroid dienone is 2. The molecule has 0 radical (unpaired) electrons. The van der Waals surface area contributed by atoms with Crippen LogP contribution in [0.25, 0.3) is 0 Å². The number of carbonyl (C=O) groups excluding carboxylic acids is 1. The highest BCUT2D eigenvalue weighted by atomic mass is 16.3. The van der Waals surface area contributed by atoms with Crippen LogP contribution in [0.3, 0.4) is 0 Å². The second kappa shape index (κ2) is 7.64. The zero-order valence-electron chi connectivity index (χ0n) is 19.5. The molecule has 0 bridgehead atoms. The summed E-state index contributed by atoms with van der Waals surface area (Å²) >= 11 is 0. The molecule has 5 aliphatic carbocycles. The van der Waals surface area contributed by atoms with Gasteiger partial charge in [-0.05, 0) is 111 Å². The highest BCUT2D eigenvalue weighted by Gasteiger charge is 2.58. The second-order valence-electron chi connectivity index (χ2n) is 12.3. The van der Waals surface area contributed by atoms with Gasteiger partial charge < -0.3 is 10.4 Å². The lowest BCUT2D eigenvalue weighted by molar-refractivity contribution is -0.121. The number of rotatable bonds is 5. The van der Waals surface area contributed by atoms with Crippen LogP contribution in [0, 0.1) is 40.4 Å². The lowest BCUT2D eigenvalue weighted by Crippen LogP contribution is -2.49. The molecule has 0 aliphatic heterocycles. The van der Waals surface area contributed by atoms with E-state index in [4.69, 9.17) is 0 Å². The molecule has 5 aliphatic rings. The maximum atomic E-state index is 12.2. The Morgan fingerprint density at radius 1 is 1.10 bits per heavy atom. The Morgan fingerprint density at radius 3 is 2.60 bits per heavy atom. The molecule has 0 aromatic heterocycles. The minimum absolute atomic E-state index is 0.0688. The normalized spacial score (nSPS) is 46.3. The molecule has 30 heavy (non-hydrogen) atoms. The van der Waals surface area contributed by atoms with Gasteiger partial charge in [0, 0.05) is 12.5 Å². The van der Waals surface area contributed by atoms with Crippen LogP contribution in [0.1, 0.15) is 97.8 Å². The van der Waals surface area contributed by atoms with Gasteiger partial charge in [0.15, 0.2) is 0 Å². The van der Waals surface area contributed by atoms with Crippen LogP contribution in [0.4, 0.5) is 0 Å². The number of amides is 1. The predicted molar refractivity (Wildman–Crippen MR) is 121 cm³/mol. The van der Waals surface area contributed by atoms with Crippen molar-refractivity contribution in [3.63, 3.8) is 0 Å². The molecule has 168 valence electrons. The summed E-state index contributed by atoms with van der Waals surface area (Å²) < 4.78 is 0. The lowest BCUT2D eigenvalue weighted by atomic mass is 9.47. The van der Waals surface area contributed by atoms with Crippen LogP contribution in [0.2, 0.25) is 0 Å². The van der Waals surface area contributed by atoms with Gasteiger partial charge in [-0.3, -0.25) is 4.79 Å². The van der Waals surface area contributed by atoms with Gasteiger partial charge in [-0.25, -0.2) is 0 Å². The van der Waals surface area contributed by atoms with Gasteiger partial charge in [0.1, 0.15) is 0 Å². The Balaban J connectivity index is 1.28. The van der Waals surface area contributed by atoms with Crippen molar-refractivity contribution < 1.29 is 9.90 Å². The van der Waals surface area contributed by atoms with E-state index in [1.807, 2.05) is 0 Å². The maximum Gasteiger partial charge on any atom is 0.220 e. The molecule has 2 N–H and O–H groups in total. The molecule has 0 aromatic carbocycles. The minimum Gasteiger partial charge on any atom is -0.393 e. The number of nitrogens with one attached hydrogen (secondary N) is 1. The Hall–Kier alpha value is -0.830. The Morgan fingerprint density at radius 2 is 1.83 bits per heavy atom. The van der Waals surface area contributed by atoms with E-state index in [0.717, 1.165) is 37.0 Å². The SMILES string of the molecule is C[C@H](CCC(=O)NC1CC1)[C@H]1CC[C@H]2C3=CC[C@@H]4C[C@H](O)CC[C@]4(C)[C@H]3CC[C@]12C. The van der Waals surface area contributed by atoms with E-state index >= 15 is 0 Å². The van der Waals surface area contributed by atoms with E-state index in [9.17, 15) is 9.90 Å². The molecule has 0 heterocycles. The van der Waals surface area contributed by atoms with E-state index in [0.29, 0.717) is 35.1 Å². The fraction of sp³-hybridized carbons (Fsp3) is 0.889. The van der Waals surface area contributed by atoms with Crippen molar-refractivity contribution in [2.75, 3.05) is 0 Å². The van der Waals surface area contributed by atoms with Crippen LogP contribution in [-0.2, 0) is 4.79 Å². The van der Waals surface area contributed by atoms with Crippen molar-refractivity contribution in [2.45, 2.75) is 110 Å². The second-order valence-corrected chi connectivity index (χ2v) is 12.3. The Bertz CT molecular complexity index is 712. The van der Waals surface area contributed by atoms with E-state index < -0.39 is 0 Å². The van der Waals surface area contributed by atoms with Crippen LogP contribution >= 0.6 is 0 Å². The molecule has 4 saturated carbocycles. The fourth-order valence-electron chi connectivity index (χ4n) is 8.55. The molecule has 3 heteroatoms. The summed E-state index contributed by atoms with van der Waals surface area (Å²) in [5.41, 5.74) is 2.64. The number of carbonyl (C=O) groups is 1. The quantitative estimate of drug-likeness (QED) is 0.575. The standard InChI is InChI=1S/C27H43NO2/c1-17(4-11-25(30)28-19-6-7-19)22-9-10-23-21-8-5-18-16-20(29)12-14-26(18,2)24(21)13-15-27(22,23)3/h8,17-20,22-24,29H,4-7,9-16H2,1-3H3,(H,28,30)/t17-,18-,20-,22-,23+,24+,26+,27-/m1/s1. The number of aliphatic hydroxyl groups is 1. The third-order valence-electron chi connectivity index (χ3n) is 10.6. The van der Waals surface area contributed by atoms with Gasteiger partial charge in [-0.1, -0.05) is 32.4 Å². The smallest absolute Gasteiger partial charge is 0.220 e. The molecule has 0 saturated heterocycles. The molecule has 8 atom stereocenters. The van der Waals surface area contributed by atoms with Gasteiger partial charge in [0.05, 0.1) is 6.10 Å². The summed E-state index contributed by atoms with van der Waals surface area (Å²) in [6, 6.07) is 0.487. The van der Waals surface area contributed by atoms with Gasteiger partial charge >= 0.3 is 0 Å². The van der Waals surface area contributed by atoms with Crippen LogP contribution < -0.4 is 5.32 Å². The summed E-state index contributed by atoms with van der Waals surface area (Å²) in [5.74, 6) is 3.87. The first-order valence-electron chi connectivity index (χ1n) is 13.0. The highest BCUT2D eigenvalue weighted by Crippen LogP contribution is 2.66. The monoisotopic (exact) mass is 413 g/mol. The summed E-state index contributed by atoms with van der Waals surface area (Å²) in [6.45, 7) is 7.56. The van der Waals surface area contributed by atoms with E-state index in [-0.39, 0.29) is 12.0 Å². The van der Waals surface area contributed by atoms with Crippen LogP contribution in [-0.4, -0.2) is 23.2 Å². The molecule has 4 fully saturated rings. The maximum absolute atomic E-state index is 12.2. The molecule has 3 nitrogen and oxygen atoms in total. The van der Waals surface area contributed by atoms with Crippen LogP contribution in [0.5, 0.6) is 0 Å². The van der Waals surface area contributed by atoms with Crippen molar-refractivity contribution >= 4 is 5.91 Å². The first kappa shape index (κ1) is 21.0. The predicted octanol–water partition coefficient (Wildman–Crippen LogP) is 5.62. The summed E-state index contributed by atoms with van der Waals surface area (Å²) in [5, 5.41) is 13.4. The average molecular weight is 414 g/mol. The number of hydrogen-bond acceptors (Lipinski definition) is 2. The van der Waals surface area contributed by atoms with Crippen molar-refractivity contribution in [1.29, 1.82) is 0 Å². The zero-order valence-corrected chi connectivity index (χ0v) is 19.5. The van der Waals surface area contributed by atoms with Gasteiger partial charge in [-0.15, -0.1) is 0 Å². The summed E-state index contributed by atoms with van der Waals surface area (Å²) in [6.07, 6.45) is 16.5. The Kier molecular flexibility index (Phi) is 5.36. The van der Waals surface area contributed by atoms with Crippen LogP contribution in [0.15, 0.2) is 11.6 Å². The third-order valence-corrected chi connectivity index (χ3v) is 10.6. The van der Waals surface area contributed by atoms with E-state index in [1.165, 1.54) is 51.4 Å². The Labute approximate surface area is 183 Å². The largest absolute Gasteiger partial charge is 0.393 e. The topological polar surface area (TPSA) is 49.3 Å². The average Bonchev–Trinajstić information content (AvgIpc) is 3.45. The van der Waals surface area contributed by atoms with Gasteiger partial charge in [0.2, 0.25) is 5.91 Å². The van der Waals surface area contributed by atoms with E-state index in [2.05, 4.69) is 32.2 Å². The van der Waals surface area contributed by atoms with Gasteiger partial charge in [0.25, 0.3) is 0 Å². The summed E-state index contributed by atoms with van der Waals surface area (Å²) in [7, 11) is 0. The third kappa shape index (κ3) is 3.48. The van der Waals surface area contributed by atoms with Crippen molar-refractivity contribution in [1.82, 2.24) is 5.32 Å². The molecular formula is C27H43NO2. The minimum atomic E-state index is -0.0688. The number of aliphatic hydroxyl groups excluding tert-OH is 1. The number of hydrogen-bond donors (Lipinski definition) is 2. The van der Waals surface area contributed by atoms with Gasteiger partial charge in [-0.2, -0.15) is 0 Å². The molecule has 5 rings (SSSR count). The van der Waals surface area contributed by atoms with Crippen molar-refractivity contribution in [2.24, 2.45) is 40.4 Å².